The molecule has 0 spiro atoms. The largest absolute Gasteiger partial charge is 0.481 e. The number of methoxy groups -OCH3 is 1. The number of pyridine rings is 1. The van der Waals surface area contributed by atoms with Crippen LogP contribution in [0, 0.1) is 0 Å². The van der Waals surface area contributed by atoms with Gasteiger partial charge in [-0.25, -0.2) is 4.79 Å². The van der Waals surface area contributed by atoms with Crippen LogP contribution in [-0.2, 0) is 9.53 Å². The van der Waals surface area contributed by atoms with Crippen LogP contribution >= 0.6 is 15.9 Å². The fourth-order valence-electron chi connectivity index (χ4n) is 0.675. The highest BCUT2D eigenvalue weighted by Gasteiger charge is 2.03. The van der Waals surface area contributed by atoms with Gasteiger partial charge >= 0.3 is 5.97 Å². The monoisotopic (exact) mass is 245 g/mol. The number of nitrogens with zero attached hydrogens (tertiary/aromatic N) is 1. The van der Waals surface area contributed by atoms with Crippen molar-refractivity contribution in [1.29, 1.82) is 0 Å². The topological polar surface area (TPSA) is 48.4 Å². The molecule has 0 aliphatic carbocycles. The predicted molar refractivity (Wildman–Crippen MR) is 49.4 cm³/mol. The second-order valence-corrected chi connectivity index (χ2v) is 3.03. The first-order chi connectivity index (χ1) is 6.24. The first-order valence-corrected chi connectivity index (χ1v) is 4.32. The molecule has 0 atom stereocenters. The third-order valence-electron chi connectivity index (χ3n) is 1.31. The molecule has 0 amide bonds. The number of carbonyl (C=O) groups excluding carboxylic acids is 1. The van der Waals surface area contributed by atoms with Crippen LogP contribution in [0.2, 0.25) is 0 Å². The molecule has 4 nitrogen and oxygen atoms in total. The maximum absolute atomic E-state index is 10.7. The van der Waals surface area contributed by atoms with E-state index in [-0.39, 0.29) is 6.61 Å². The molecule has 5 heteroatoms. The lowest BCUT2D eigenvalue weighted by atomic mass is 10.4. The Balaban J connectivity index is 2.54. The molecule has 0 N–H and O–H groups in total. The van der Waals surface area contributed by atoms with Gasteiger partial charge in [-0.15, -0.1) is 0 Å². The Hall–Kier alpha value is -1.10. The quantitative estimate of drug-likeness (QED) is 0.756. The Morgan fingerprint density at radius 3 is 3.08 bits per heavy atom. The first kappa shape index (κ1) is 9.98. The third kappa shape index (κ3) is 3.02. The van der Waals surface area contributed by atoms with Crippen LogP contribution < -0.4 is 4.74 Å². The minimum Gasteiger partial charge on any atom is -0.481 e. The SMILES string of the molecule is COC(=O)COc1ccncc1Br. The summed E-state index contributed by atoms with van der Waals surface area (Å²) in [5.41, 5.74) is 0. The van der Waals surface area contributed by atoms with Crippen LogP contribution in [-0.4, -0.2) is 24.7 Å². The number of aromatic nitrogens is 1. The number of esters is 1. The first-order valence-electron chi connectivity index (χ1n) is 3.53. The average Bonchev–Trinajstić information content (AvgIpc) is 2.16. The average molecular weight is 246 g/mol. The van der Waals surface area contributed by atoms with Crippen molar-refractivity contribution in [2.24, 2.45) is 0 Å². The Labute approximate surface area is 84.0 Å². The molecular formula is C8H8BrNO3. The molecule has 1 rings (SSSR count). The van der Waals surface area contributed by atoms with Gasteiger partial charge in [-0.1, -0.05) is 0 Å². The van der Waals surface area contributed by atoms with Gasteiger partial charge in [-0.05, 0) is 22.0 Å². The van der Waals surface area contributed by atoms with Gasteiger partial charge in [0.2, 0.25) is 0 Å². The smallest absolute Gasteiger partial charge is 0.343 e. The van der Waals surface area contributed by atoms with Crippen molar-refractivity contribution in [3.8, 4) is 5.75 Å². The summed E-state index contributed by atoms with van der Waals surface area (Å²) in [5, 5.41) is 0. The molecule has 0 aliphatic heterocycles. The molecule has 0 aromatic carbocycles. The summed E-state index contributed by atoms with van der Waals surface area (Å²) in [6.07, 6.45) is 3.17. The number of halogens is 1. The summed E-state index contributed by atoms with van der Waals surface area (Å²) in [7, 11) is 1.31. The molecule has 0 saturated carbocycles. The molecule has 0 unspecified atom stereocenters. The molecule has 0 aliphatic rings. The summed E-state index contributed by atoms with van der Waals surface area (Å²) < 4.78 is 10.3. The summed E-state index contributed by atoms with van der Waals surface area (Å²) in [5.74, 6) is 0.157. The lowest BCUT2D eigenvalue weighted by Crippen LogP contribution is -2.12. The van der Waals surface area contributed by atoms with E-state index in [1.807, 2.05) is 0 Å². The van der Waals surface area contributed by atoms with Crippen molar-refractivity contribution in [3.63, 3.8) is 0 Å². The van der Waals surface area contributed by atoms with Gasteiger partial charge in [0.1, 0.15) is 5.75 Å². The molecule has 0 saturated heterocycles. The molecule has 13 heavy (non-hydrogen) atoms. The Morgan fingerprint density at radius 2 is 2.46 bits per heavy atom. The number of rotatable bonds is 3. The normalized spacial score (nSPS) is 9.38. The Kier molecular flexibility index (Phi) is 3.70. The zero-order valence-electron chi connectivity index (χ0n) is 6.99. The van der Waals surface area contributed by atoms with E-state index in [1.165, 1.54) is 7.11 Å². The predicted octanol–water partition coefficient (Wildman–Crippen LogP) is 1.40. The Bertz CT molecular complexity index is 303. The summed E-state index contributed by atoms with van der Waals surface area (Å²) in [6.45, 7) is -0.0981. The summed E-state index contributed by atoms with van der Waals surface area (Å²) >= 11 is 3.23. The minimum absolute atomic E-state index is 0.0981. The molecule has 1 aromatic heterocycles. The fraction of sp³-hybridized carbons (Fsp3) is 0.250. The van der Waals surface area contributed by atoms with Crippen LogP contribution in [0.25, 0.3) is 0 Å². The molecule has 0 fully saturated rings. The standard InChI is InChI=1S/C8H8BrNO3/c1-12-8(11)5-13-7-2-3-10-4-6(7)9/h2-4H,5H2,1H3. The maximum Gasteiger partial charge on any atom is 0.343 e. The second kappa shape index (κ2) is 4.81. The van der Waals surface area contributed by atoms with Crippen LogP contribution in [0.4, 0.5) is 0 Å². The van der Waals surface area contributed by atoms with Crippen LogP contribution in [0.3, 0.4) is 0 Å². The molecular weight excluding hydrogens is 238 g/mol. The third-order valence-corrected chi connectivity index (χ3v) is 1.90. The second-order valence-electron chi connectivity index (χ2n) is 2.17. The van der Waals surface area contributed by atoms with Crippen LogP contribution in [0.1, 0.15) is 0 Å². The summed E-state index contributed by atoms with van der Waals surface area (Å²) in [4.78, 5) is 14.6. The zero-order chi connectivity index (χ0) is 9.68. The van der Waals surface area contributed by atoms with E-state index in [4.69, 9.17) is 4.74 Å². The number of hydrogen-bond acceptors (Lipinski definition) is 4. The van der Waals surface area contributed by atoms with Gasteiger partial charge in [0.25, 0.3) is 0 Å². The molecule has 0 radical (unpaired) electrons. The maximum atomic E-state index is 10.7. The summed E-state index contributed by atoms with van der Waals surface area (Å²) in [6, 6.07) is 1.66. The number of carbonyl (C=O) groups is 1. The van der Waals surface area contributed by atoms with Gasteiger partial charge in [0, 0.05) is 12.4 Å². The van der Waals surface area contributed by atoms with E-state index < -0.39 is 5.97 Å². The van der Waals surface area contributed by atoms with Gasteiger partial charge in [0.15, 0.2) is 6.61 Å². The van der Waals surface area contributed by atoms with Crippen molar-refractivity contribution in [2.75, 3.05) is 13.7 Å². The van der Waals surface area contributed by atoms with E-state index >= 15 is 0 Å². The van der Waals surface area contributed by atoms with Gasteiger partial charge in [-0.3, -0.25) is 4.98 Å². The zero-order valence-corrected chi connectivity index (χ0v) is 8.58. The highest BCUT2D eigenvalue weighted by atomic mass is 79.9. The molecule has 70 valence electrons. The molecule has 0 bridgehead atoms. The van der Waals surface area contributed by atoms with E-state index in [0.29, 0.717) is 10.2 Å². The highest BCUT2D eigenvalue weighted by Crippen LogP contribution is 2.22. The Morgan fingerprint density at radius 1 is 1.69 bits per heavy atom. The molecule has 1 aromatic rings. The van der Waals surface area contributed by atoms with Crippen LogP contribution in [0.15, 0.2) is 22.9 Å². The van der Waals surface area contributed by atoms with Crippen molar-refractivity contribution < 1.29 is 14.3 Å². The van der Waals surface area contributed by atoms with E-state index in [1.54, 1.807) is 18.5 Å². The number of hydrogen-bond donors (Lipinski definition) is 0. The van der Waals surface area contributed by atoms with E-state index in [9.17, 15) is 4.79 Å². The fourth-order valence-corrected chi connectivity index (χ4v) is 1.04. The van der Waals surface area contributed by atoms with E-state index in [2.05, 4.69) is 25.7 Å². The molecule has 1 heterocycles. The van der Waals surface area contributed by atoms with Crippen molar-refractivity contribution in [3.05, 3.63) is 22.9 Å². The number of ether oxygens (including phenoxy) is 2. The van der Waals surface area contributed by atoms with Crippen LogP contribution in [0.5, 0.6) is 5.75 Å². The lowest BCUT2D eigenvalue weighted by Gasteiger charge is -2.05. The highest BCUT2D eigenvalue weighted by molar-refractivity contribution is 9.10. The van der Waals surface area contributed by atoms with Gasteiger partial charge in [-0.2, -0.15) is 0 Å². The van der Waals surface area contributed by atoms with Crippen molar-refractivity contribution >= 4 is 21.9 Å². The van der Waals surface area contributed by atoms with Gasteiger partial charge < -0.3 is 9.47 Å². The lowest BCUT2D eigenvalue weighted by molar-refractivity contribution is -0.142. The van der Waals surface area contributed by atoms with Crippen molar-refractivity contribution in [1.82, 2.24) is 4.98 Å². The van der Waals surface area contributed by atoms with Crippen molar-refractivity contribution in [2.45, 2.75) is 0 Å². The van der Waals surface area contributed by atoms with E-state index in [0.717, 1.165) is 0 Å². The van der Waals surface area contributed by atoms with Gasteiger partial charge in [0.05, 0.1) is 11.6 Å². The minimum atomic E-state index is -0.413.